The van der Waals surface area contributed by atoms with E-state index in [-0.39, 0.29) is 35.7 Å². The maximum Gasteiger partial charge on any atom is 0.240 e. The lowest BCUT2D eigenvalue weighted by Gasteiger charge is -2.25. The number of ether oxygens (including phenoxy) is 1. The fraction of sp³-hybridized carbons (Fsp3) is 0.393. The molecule has 3 aromatic rings. The van der Waals surface area contributed by atoms with Gasteiger partial charge in [0.15, 0.2) is 0 Å². The molecule has 4 rings (SSSR count). The lowest BCUT2D eigenvalue weighted by molar-refractivity contribution is -0.123. The summed E-state index contributed by atoms with van der Waals surface area (Å²) >= 11 is 1.24. The van der Waals surface area contributed by atoms with Gasteiger partial charge < -0.3 is 10.1 Å². The van der Waals surface area contributed by atoms with E-state index in [1.807, 2.05) is 34.6 Å². The third-order valence-electron chi connectivity index (χ3n) is 6.11. The molecule has 1 N–H and O–H groups in total. The minimum Gasteiger partial charge on any atom is -0.497 e. The Morgan fingerprint density at radius 1 is 1.18 bits per heavy atom. The fourth-order valence-corrected chi connectivity index (χ4v) is 5.67. The molecule has 1 aliphatic heterocycles. The van der Waals surface area contributed by atoms with E-state index in [0.717, 1.165) is 6.07 Å². The summed E-state index contributed by atoms with van der Waals surface area (Å²) in [4.78, 5) is 27.9. The molecule has 0 aliphatic carbocycles. The minimum absolute atomic E-state index is 0.00266. The van der Waals surface area contributed by atoms with Crippen LogP contribution in [0.3, 0.4) is 0 Å². The van der Waals surface area contributed by atoms with E-state index in [4.69, 9.17) is 9.84 Å². The van der Waals surface area contributed by atoms with Gasteiger partial charge in [-0.2, -0.15) is 5.10 Å². The third kappa shape index (κ3) is 5.55. The Morgan fingerprint density at radius 2 is 1.87 bits per heavy atom. The van der Waals surface area contributed by atoms with Gasteiger partial charge in [0.05, 0.1) is 29.5 Å². The van der Waals surface area contributed by atoms with Crippen LogP contribution in [0.2, 0.25) is 0 Å². The van der Waals surface area contributed by atoms with Crippen LogP contribution in [-0.4, -0.2) is 47.0 Å². The Kier molecular flexibility index (Phi) is 7.83. The van der Waals surface area contributed by atoms with Gasteiger partial charge in [-0.05, 0) is 44.2 Å². The van der Waals surface area contributed by atoms with Crippen LogP contribution in [0.5, 0.6) is 5.75 Å². The Hall–Kier alpha value is -3.40. The van der Waals surface area contributed by atoms with Crippen LogP contribution in [0.4, 0.5) is 14.6 Å². The second kappa shape index (κ2) is 10.8. The highest BCUT2D eigenvalue weighted by Gasteiger charge is 2.40. The number of carbonyl (C=O) groups excluding carboxylic acids is 2. The van der Waals surface area contributed by atoms with E-state index in [1.54, 1.807) is 36.1 Å². The van der Waals surface area contributed by atoms with Gasteiger partial charge in [0.2, 0.25) is 11.8 Å². The van der Waals surface area contributed by atoms with Gasteiger partial charge >= 0.3 is 0 Å². The van der Waals surface area contributed by atoms with Crippen LogP contribution in [0, 0.1) is 11.6 Å². The number of benzene rings is 2. The number of hydrogen-bond acceptors (Lipinski definition) is 5. The Balaban J connectivity index is 2.02. The van der Waals surface area contributed by atoms with Gasteiger partial charge in [0.1, 0.15) is 29.7 Å². The van der Waals surface area contributed by atoms with E-state index in [0.29, 0.717) is 28.5 Å². The van der Waals surface area contributed by atoms with Crippen LogP contribution < -0.4 is 15.0 Å². The molecular weight excluding hydrogens is 510 g/mol. The van der Waals surface area contributed by atoms with Crippen LogP contribution in [0.15, 0.2) is 42.5 Å². The Labute approximate surface area is 225 Å². The van der Waals surface area contributed by atoms with Crippen molar-refractivity contribution < 1.29 is 23.1 Å². The van der Waals surface area contributed by atoms with Gasteiger partial charge in [-0.3, -0.25) is 14.5 Å². The first-order valence-electron chi connectivity index (χ1n) is 12.3. The van der Waals surface area contributed by atoms with Crippen molar-refractivity contribution in [1.29, 1.82) is 0 Å². The molecule has 10 heteroatoms. The number of carbonyl (C=O) groups is 2. The lowest BCUT2D eigenvalue weighted by Crippen LogP contribution is -2.44. The van der Waals surface area contributed by atoms with Crippen molar-refractivity contribution in [2.24, 2.45) is 0 Å². The van der Waals surface area contributed by atoms with Crippen LogP contribution in [0.1, 0.15) is 56.7 Å². The highest BCUT2D eigenvalue weighted by atomic mass is 32.2. The summed E-state index contributed by atoms with van der Waals surface area (Å²) in [5.74, 6) is -0.984. The number of halogens is 2. The summed E-state index contributed by atoms with van der Waals surface area (Å²) in [5, 5.41) is 7.13. The molecule has 2 heterocycles. The molecule has 0 saturated carbocycles. The van der Waals surface area contributed by atoms with E-state index in [2.05, 4.69) is 5.32 Å². The Bertz CT molecular complexity index is 1350. The van der Waals surface area contributed by atoms with Crippen LogP contribution in [-0.2, 0) is 15.0 Å². The SMILES string of the molecule is COc1ccc(-n2nc(C(C)(C)C)c3c2N(CC(=O)NC(C)C)C(=O)CS[C@@H]3c2ccc(F)cc2F)cc1. The number of nitrogens with one attached hydrogen (secondary N) is 1. The average Bonchev–Trinajstić information content (AvgIpc) is 3.18. The van der Waals surface area contributed by atoms with Crippen LogP contribution in [0.25, 0.3) is 5.69 Å². The number of rotatable bonds is 6. The van der Waals surface area contributed by atoms with Gasteiger partial charge in [-0.1, -0.05) is 26.8 Å². The van der Waals surface area contributed by atoms with Crippen molar-refractivity contribution in [3.63, 3.8) is 0 Å². The molecule has 7 nitrogen and oxygen atoms in total. The van der Waals surface area contributed by atoms with Crippen molar-refractivity contribution >= 4 is 29.4 Å². The predicted molar refractivity (Wildman–Crippen MR) is 145 cm³/mol. The highest BCUT2D eigenvalue weighted by molar-refractivity contribution is 8.00. The third-order valence-corrected chi connectivity index (χ3v) is 7.35. The molecule has 1 aliphatic rings. The second-order valence-electron chi connectivity index (χ2n) is 10.5. The number of thioether (sulfide) groups is 1. The quantitative estimate of drug-likeness (QED) is 0.466. The number of aromatic nitrogens is 2. The molecule has 0 radical (unpaired) electrons. The molecule has 38 heavy (non-hydrogen) atoms. The smallest absolute Gasteiger partial charge is 0.240 e. The first-order valence-corrected chi connectivity index (χ1v) is 13.4. The number of amides is 2. The Morgan fingerprint density at radius 3 is 2.45 bits per heavy atom. The van der Waals surface area contributed by atoms with Crippen molar-refractivity contribution in [3.05, 3.63) is 70.9 Å². The molecule has 202 valence electrons. The second-order valence-corrected chi connectivity index (χ2v) is 11.6. The monoisotopic (exact) mass is 542 g/mol. The maximum atomic E-state index is 15.2. The number of methoxy groups -OCH3 is 1. The predicted octanol–water partition coefficient (Wildman–Crippen LogP) is 5.15. The zero-order chi connectivity index (χ0) is 27.8. The number of nitrogens with zero attached hydrogens (tertiary/aromatic N) is 3. The molecule has 0 spiro atoms. The summed E-state index contributed by atoms with van der Waals surface area (Å²) in [6, 6.07) is 10.5. The molecule has 1 atom stereocenters. The minimum atomic E-state index is -0.705. The molecule has 0 bridgehead atoms. The van der Waals surface area contributed by atoms with Crippen molar-refractivity contribution in [2.45, 2.75) is 51.3 Å². The van der Waals surface area contributed by atoms with Crippen molar-refractivity contribution in [2.75, 3.05) is 24.3 Å². The standard InChI is InChI=1S/C28H32F2N4O3S/c1-16(2)31-22(35)14-33-23(36)15-38-25(20-12-7-17(29)13-21(20)30)24-26(28(3,4)5)32-34(27(24)33)18-8-10-19(37-6)11-9-18/h7-13,16,25H,14-15H2,1-6H3,(H,31,35)/t25-/m1/s1. The summed E-state index contributed by atoms with van der Waals surface area (Å²) < 4.78 is 36.0. The maximum absolute atomic E-state index is 15.2. The molecule has 2 aromatic carbocycles. The van der Waals surface area contributed by atoms with E-state index < -0.39 is 22.3 Å². The van der Waals surface area contributed by atoms with Gasteiger partial charge in [0.25, 0.3) is 0 Å². The molecule has 0 unspecified atom stereocenters. The summed E-state index contributed by atoms with van der Waals surface area (Å²) in [5.41, 5.74) is 1.65. The number of hydrogen-bond donors (Lipinski definition) is 1. The average molecular weight is 543 g/mol. The van der Waals surface area contributed by atoms with Gasteiger partial charge in [-0.15, -0.1) is 11.8 Å². The molecule has 0 fully saturated rings. The zero-order valence-electron chi connectivity index (χ0n) is 22.3. The van der Waals surface area contributed by atoms with Gasteiger partial charge in [-0.25, -0.2) is 13.5 Å². The normalized spacial score (nSPS) is 15.9. The summed E-state index contributed by atoms with van der Waals surface area (Å²) in [6.07, 6.45) is 0. The molecule has 0 saturated heterocycles. The number of anilines is 1. The summed E-state index contributed by atoms with van der Waals surface area (Å²) in [7, 11) is 1.57. The highest BCUT2D eigenvalue weighted by Crippen LogP contribution is 2.49. The fourth-order valence-electron chi connectivity index (χ4n) is 4.45. The van der Waals surface area contributed by atoms with Crippen molar-refractivity contribution in [3.8, 4) is 11.4 Å². The van der Waals surface area contributed by atoms with Gasteiger partial charge in [0, 0.05) is 28.7 Å². The lowest BCUT2D eigenvalue weighted by atomic mass is 9.87. The zero-order valence-corrected chi connectivity index (χ0v) is 23.2. The first-order chi connectivity index (χ1) is 17.9. The van der Waals surface area contributed by atoms with Crippen molar-refractivity contribution in [1.82, 2.24) is 15.1 Å². The largest absolute Gasteiger partial charge is 0.497 e. The molecule has 2 amide bonds. The van der Waals surface area contributed by atoms with Crippen LogP contribution >= 0.6 is 11.8 Å². The van der Waals surface area contributed by atoms with E-state index >= 15 is 4.39 Å². The topological polar surface area (TPSA) is 76.5 Å². The van der Waals surface area contributed by atoms with E-state index in [9.17, 15) is 14.0 Å². The van der Waals surface area contributed by atoms with E-state index in [1.165, 1.54) is 28.8 Å². The molecule has 1 aromatic heterocycles. The molecular formula is C28H32F2N4O3S. The number of fused-ring (bicyclic) bond motifs is 1. The summed E-state index contributed by atoms with van der Waals surface area (Å²) in [6.45, 7) is 9.42. The first kappa shape index (κ1) is 27.6.